The number of hydrogen-bond acceptors (Lipinski definition) is 4. The first-order valence-corrected chi connectivity index (χ1v) is 15.2. The summed E-state index contributed by atoms with van der Waals surface area (Å²) in [5.41, 5.74) is 2.11. The average Bonchev–Trinajstić information content (AvgIpc) is 3.47. The van der Waals surface area contributed by atoms with Crippen molar-refractivity contribution < 1.29 is 14.3 Å². The molecule has 0 N–H and O–H groups in total. The number of carbonyl (C=O) groups excluding carboxylic acids is 2. The third-order valence-electron chi connectivity index (χ3n) is 9.03. The van der Waals surface area contributed by atoms with Crippen LogP contribution in [-0.2, 0) is 4.79 Å². The molecule has 1 aliphatic heterocycles. The number of para-hydroxylation sites is 1. The second-order valence-electron chi connectivity index (χ2n) is 11.7. The van der Waals surface area contributed by atoms with Crippen molar-refractivity contribution in [2.75, 3.05) is 39.8 Å². The highest BCUT2D eigenvalue weighted by atomic mass is 16.5. The van der Waals surface area contributed by atoms with Crippen LogP contribution in [0.25, 0.3) is 0 Å². The molecule has 6 nitrogen and oxygen atoms in total. The van der Waals surface area contributed by atoms with Gasteiger partial charge in [-0.05, 0) is 67.3 Å². The van der Waals surface area contributed by atoms with Crippen molar-refractivity contribution in [3.8, 4) is 5.75 Å². The molecule has 1 aliphatic carbocycles. The van der Waals surface area contributed by atoms with E-state index in [0.717, 1.165) is 50.9 Å². The lowest BCUT2D eigenvalue weighted by atomic mass is 9.88. The van der Waals surface area contributed by atoms with Gasteiger partial charge in [-0.15, -0.1) is 6.58 Å². The van der Waals surface area contributed by atoms with E-state index in [1.807, 2.05) is 83.6 Å². The van der Waals surface area contributed by atoms with E-state index in [0.29, 0.717) is 24.1 Å². The Morgan fingerprint density at radius 3 is 2.14 bits per heavy atom. The van der Waals surface area contributed by atoms with E-state index >= 15 is 0 Å². The van der Waals surface area contributed by atoms with Crippen LogP contribution in [0.1, 0.15) is 47.5 Å². The van der Waals surface area contributed by atoms with E-state index < -0.39 is 0 Å². The van der Waals surface area contributed by atoms with E-state index in [1.165, 1.54) is 5.56 Å². The standard InChI is InChI=1S/C36H43N3O3/c1-3-21-39(35(40)27-42-33-17-11-6-12-18-33)31-19-22-38(23-20-31)26-30-24-32(25-34(30)28-13-7-4-8-14-28)37(2)36(41)29-15-9-5-10-16-29/h3-18,30-32,34H,1,19-27H2,2H3. The summed E-state index contributed by atoms with van der Waals surface area (Å²) < 4.78 is 5.76. The molecule has 0 aromatic heterocycles. The highest BCUT2D eigenvalue weighted by Crippen LogP contribution is 2.42. The van der Waals surface area contributed by atoms with Crippen molar-refractivity contribution in [3.63, 3.8) is 0 Å². The summed E-state index contributed by atoms with van der Waals surface area (Å²) in [5, 5.41) is 0. The average molecular weight is 566 g/mol. The molecule has 0 spiro atoms. The number of hydrogen-bond donors (Lipinski definition) is 0. The molecule has 6 heteroatoms. The molecule has 3 atom stereocenters. The Morgan fingerprint density at radius 1 is 0.881 bits per heavy atom. The van der Waals surface area contributed by atoms with Gasteiger partial charge in [-0.3, -0.25) is 9.59 Å². The predicted octanol–water partition coefficient (Wildman–Crippen LogP) is 5.88. The SMILES string of the molecule is C=CCN(C(=O)COc1ccccc1)C1CCN(CC2CC(N(C)C(=O)c3ccccc3)CC2c2ccccc2)CC1. The zero-order valence-corrected chi connectivity index (χ0v) is 24.7. The largest absolute Gasteiger partial charge is 0.484 e. The third kappa shape index (κ3) is 7.29. The Hall–Kier alpha value is -3.90. The Balaban J connectivity index is 1.20. The van der Waals surface area contributed by atoms with Gasteiger partial charge in [0.15, 0.2) is 6.61 Å². The lowest BCUT2D eigenvalue weighted by Crippen LogP contribution is -2.49. The van der Waals surface area contributed by atoms with E-state index in [1.54, 1.807) is 0 Å². The second-order valence-corrected chi connectivity index (χ2v) is 11.7. The monoisotopic (exact) mass is 565 g/mol. The van der Waals surface area contributed by atoms with Crippen molar-refractivity contribution in [2.24, 2.45) is 5.92 Å². The van der Waals surface area contributed by atoms with Crippen LogP contribution in [0.5, 0.6) is 5.75 Å². The minimum atomic E-state index is 0.00565. The van der Waals surface area contributed by atoms with Crippen molar-refractivity contribution in [1.82, 2.24) is 14.7 Å². The van der Waals surface area contributed by atoms with Gasteiger partial charge in [0.2, 0.25) is 0 Å². The molecule has 1 heterocycles. The number of rotatable bonds is 11. The lowest BCUT2D eigenvalue weighted by molar-refractivity contribution is -0.136. The fraction of sp³-hybridized carbons (Fsp3) is 0.389. The van der Waals surface area contributed by atoms with E-state index in [2.05, 4.69) is 41.8 Å². The van der Waals surface area contributed by atoms with Gasteiger partial charge in [-0.25, -0.2) is 0 Å². The van der Waals surface area contributed by atoms with Crippen LogP contribution in [0.4, 0.5) is 0 Å². The normalized spacial score (nSPS) is 21.0. The van der Waals surface area contributed by atoms with E-state index in [9.17, 15) is 9.59 Å². The van der Waals surface area contributed by atoms with Gasteiger partial charge in [0.05, 0.1) is 0 Å². The predicted molar refractivity (Wildman–Crippen MR) is 168 cm³/mol. The van der Waals surface area contributed by atoms with E-state index in [-0.39, 0.29) is 30.5 Å². The number of ether oxygens (including phenoxy) is 1. The first kappa shape index (κ1) is 29.6. The number of piperidine rings is 1. The van der Waals surface area contributed by atoms with Crippen LogP contribution in [0.15, 0.2) is 104 Å². The summed E-state index contributed by atoms with van der Waals surface area (Å²) in [7, 11) is 1.96. The zero-order valence-electron chi connectivity index (χ0n) is 24.7. The minimum absolute atomic E-state index is 0.00565. The van der Waals surface area contributed by atoms with Gasteiger partial charge in [0.1, 0.15) is 5.75 Å². The van der Waals surface area contributed by atoms with Crippen LogP contribution < -0.4 is 4.74 Å². The Bertz CT molecular complexity index is 1290. The maximum absolute atomic E-state index is 13.3. The lowest BCUT2D eigenvalue weighted by Gasteiger charge is -2.39. The molecular weight excluding hydrogens is 522 g/mol. The Labute approximate surface area is 250 Å². The van der Waals surface area contributed by atoms with Crippen LogP contribution >= 0.6 is 0 Å². The maximum Gasteiger partial charge on any atom is 0.261 e. The molecule has 2 amide bonds. The summed E-state index contributed by atoms with van der Waals surface area (Å²) in [6.45, 7) is 7.37. The molecule has 220 valence electrons. The fourth-order valence-corrected chi connectivity index (χ4v) is 6.76. The van der Waals surface area contributed by atoms with Crippen molar-refractivity contribution in [3.05, 3.63) is 115 Å². The summed E-state index contributed by atoms with van der Waals surface area (Å²) in [4.78, 5) is 32.9. The van der Waals surface area contributed by atoms with Crippen molar-refractivity contribution in [2.45, 2.75) is 43.7 Å². The van der Waals surface area contributed by atoms with Crippen LogP contribution in [0, 0.1) is 5.92 Å². The van der Waals surface area contributed by atoms with Gasteiger partial charge in [-0.1, -0.05) is 72.8 Å². The zero-order chi connectivity index (χ0) is 29.3. The van der Waals surface area contributed by atoms with Crippen molar-refractivity contribution >= 4 is 11.8 Å². The van der Waals surface area contributed by atoms with E-state index in [4.69, 9.17) is 4.74 Å². The number of carbonyl (C=O) groups is 2. The summed E-state index contributed by atoms with van der Waals surface area (Å²) in [5.74, 6) is 1.68. The molecule has 3 unspecified atom stereocenters. The van der Waals surface area contributed by atoms with Gasteiger partial charge >= 0.3 is 0 Å². The molecule has 1 saturated carbocycles. The number of benzene rings is 3. The fourth-order valence-electron chi connectivity index (χ4n) is 6.76. The highest BCUT2D eigenvalue weighted by molar-refractivity contribution is 5.94. The molecule has 42 heavy (non-hydrogen) atoms. The molecular formula is C36H43N3O3. The first-order valence-electron chi connectivity index (χ1n) is 15.2. The minimum Gasteiger partial charge on any atom is -0.484 e. The molecule has 1 saturated heterocycles. The maximum atomic E-state index is 13.3. The van der Waals surface area contributed by atoms with Gasteiger partial charge < -0.3 is 19.4 Å². The third-order valence-corrected chi connectivity index (χ3v) is 9.03. The van der Waals surface area contributed by atoms with Gasteiger partial charge in [0, 0.05) is 50.9 Å². The topological polar surface area (TPSA) is 53.1 Å². The Kier molecular flexibility index (Phi) is 10.1. The molecule has 5 rings (SSSR count). The number of nitrogens with zero attached hydrogens (tertiary/aromatic N) is 3. The summed E-state index contributed by atoms with van der Waals surface area (Å²) in [6.07, 6.45) is 5.64. The van der Waals surface area contributed by atoms with Crippen LogP contribution in [-0.4, -0.2) is 78.4 Å². The van der Waals surface area contributed by atoms with Gasteiger partial charge in [0.25, 0.3) is 11.8 Å². The number of amides is 2. The quantitative estimate of drug-likeness (QED) is 0.273. The second kappa shape index (κ2) is 14.3. The number of likely N-dealkylation sites (tertiary alicyclic amines) is 1. The smallest absolute Gasteiger partial charge is 0.261 e. The summed E-state index contributed by atoms with van der Waals surface area (Å²) in [6, 6.07) is 30.3. The molecule has 2 aliphatic rings. The summed E-state index contributed by atoms with van der Waals surface area (Å²) >= 11 is 0. The van der Waals surface area contributed by atoms with Gasteiger partial charge in [-0.2, -0.15) is 0 Å². The van der Waals surface area contributed by atoms with Crippen LogP contribution in [0.2, 0.25) is 0 Å². The highest BCUT2D eigenvalue weighted by Gasteiger charge is 2.40. The molecule has 0 bridgehead atoms. The van der Waals surface area contributed by atoms with Crippen LogP contribution in [0.3, 0.4) is 0 Å². The Morgan fingerprint density at radius 2 is 1.50 bits per heavy atom. The molecule has 3 aromatic rings. The molecule has 0 radical (unpaired) electrons. The molecule has 3 aromatic carbocycles. The van der Waals surface area contributed by atoms with Crippen molar-refractivity contribution in [1.29, 1.82) is 0 Å². The molecule has 2 fully saturated rings. The first-order chi connectivity index (χ1) is 20.5.